The zero-order valence-electron chi connectivity index (χ0n) is 15.5. The standard InChI is InChI=1S/C17H25N3O6/c1-11-9-13(19-26-11)18-14(21)10-24-15(22)12-5-7-20(8-6-12)16(23)25-17(2,3)4/h9,12H,5-8,10H2,1-4H3,(H,18,19,21). The quantitative estimate of drug-likeness (QED) is 0.811. The molecular weight excluding hydrogens is 342 g/mol. The molecule has 0 aromatic carbocycles. The predicted molar refractivity (Wildman–Crippen MR) is 91.4 cm³/mol. The van der Waals surface area contributed by atoms with Crippen molar-refractivity contribution < 1.29 is 28.4 Å². The highest BCUT2D eigenvalue weighted by Gasteiger charge is 2.30. The van der Waals surface area contributed by atoms with Crippen LogP contribution in [0.15, 0.2) is 10.6 Å². The van der Waals surface area contributed by atoms with Crippen molar-refractivity contribution in [2.45, 2.75) is 46.1 Å². The van der Waals surface area contributed by atoms with E-state index >= 15 is 0 Å². The summed E-state index contributed by atoms with van der Waals surface area (Å²) in [4.78, 5) is 37.4. The van der Waals surface area contributed by atoms with E-state index in [1.54, 1.807) is 38.7 Å². The molecule has 9 nitrogen and oxygen atoms in total. The van der Waals surface area contributed by atoms with Gasteiger partial charge in [0.2, 0.25) is 0 Å². The molecule has 0 saturated carbocycles. The molecule has 1 aromatic rings. The molecule has 1 aromatic heterocycles. The minimum Gasteiger partial charge on any atom is -0.455 e. The molecule has 1 N–H and O–H groups in total. The summed E-state index contributed by atoms with van der Waals surface area (Å²) in [5.41, 5.74) is -0.553. The molecule has 2 rings (SSSR count). The molecule has 0 radical (unpaired) electrons. The number of aromatic nitrogens is 1. The summed E-state index contributed by atoms with van der Waals surface area (Å²) in [5, 5.41) is 6.10. The van der Waals surface area contributed by atoms with Crippen molar-refractivity contribution in [1.29, 1.82) is 0 Å². The summed E-state index contributed by atoms with van der Waals surface area (Å²) >= 11 is 0. The number of anilines is 1. The van der Waals surface area contributed by atoms with Crippen molar-refractivity contribution in [2.24, 2.45) is 5.92 Å². The monoisotopic (exact) mass is 367 g/mol. The second kappa shape index (κ2) is 8.20. The fourth-order valence-corrected chi connectivity index (χ4v) is 2.48. The van der Waals surface area contributed by atoms with Crippen LogP contribution in [0.4, 0.5) is 10.6 Å². The fourth-order valence-electron chi connectivity index (χ4n) is 2.48. The number of likely N-dealkylation sites (tertiary alicyclic amines) is 1. The molecule has 0 aliphatic carbocycles. The number of nitrogens with one attached hydrogen (secondary N) is 1. The second-order valence-electron chi connectivity index (χ2n) is 7.22. The summed E-state index contributed by atoms with van der Waals surface area (Å²) in [5.74, 6) is -0.433. The number of aryl methyl sites for hydroxylation is 1. The number of ether oxygens (including phenoxy) is 2. The number of hydrogen-bond donors (Lipinski definition) is 1. The van der Waals surface area contributed by atoms with Crippen LogP contribution < -0.4 is 5.32 Å². The predicted octanol–water partition coefficient (Wildman–Crippen LogP) is 2.11. The maximum absolute atomic E-state index is 12.1. The van der Waals surface area contributed by atoms with Crippen molar-refractivity contribution in [2.75, 3.05) is 25.0 Å². The van der Waals surface area contributed by atoms with Gasteiger partial charge in [0, 0.05) is 19.2 Å². The lowest BCUT2D eigenvalue weighted by Gasteiger charge is -2.32. The Bertz CT molecular complexity index is 656. The van der Waals surface area contributed by atoms with Gasteiger partial charge in [0.25, 0.3) is 5.91 Å². The second-order valence-corrected chi connectivity index (χ2v) is 7.22. The number of piperidine rings is 1. The van der Waals surface area contributed by atoms with Crippen LogP contribution in [0.5, 0.6) is 0 Å². The first-order valence-electron chi connectivity index (χ1n) is 8.52. The van der Waals surface area contributed by atoms with Crippen LogP contribution in [-0.4, -0.2) is 53.3 Å². The van der Waals surface area contributed by atoms with Gasteiger partial charge in [-0.1, -0.05) is 5.16 Å². The van der Waals surface area contributed by atoms with Gasteiger partial charge >= 0.3 is 12.1 Å². The topological polar surface area (TPSA) is 111 Å². The molecule has 1 saturated heterocycles. The van der Waals surface area contributed by atoms with Crippen LogP contribution in [0.1, 0.15) is 39.4 Å². The summed E-state index contributed by atoms with van der Waals surface area (Å²) in [6, 6.07) is 1.56. The van der Waals surface area contributed by atoms with Gasteiger partial charge in [-0.15, -0.1) is 0 Å². The first kappa shape index (κ1) is 19.7. The van der Waals surface area contributed by atoms with Crippen molar-refractivity contribution in [3.05, 3.63) is 11.8 Å². The highest BCUT2D eigenvalue weighted by atomic mass is 16.6. The van der Waals surface area contributed by atoms with Gasteiger partial charge in [-0.3, -0.25) is 9.59 Å². The van der Waals surface area contributed by atoms with Crippen LogP contribution in [0.2, 0.25) is 0 Å². The number of nitrogens with zero attached hydrogens (tertiary/aromatic N) is 2. The number of carbonyl (C=O) groups is 3. The van der Waals surface area contributed by atoms with Crippen LogP contribution in [0.3, 0.4) is 0 Å². The molecule has 0 spiro atoms. The van der Waals surface area contributed by atoms with E-state index in [1.165, 1.54) is 0 Å². The summed E-state index contributed by atoms with van der Waals surface area (Å²) in [6.45, 7) is 7.56. The Morgan fingerprint density at radius 2 is 1.96 bits per heavy atom. The number of hydrogen-bond acceptors (Lipinski definition) is 7. The van der Waals surface area contributed by atoms with Crippen molar-refractivity contribution in [1.82, 2.24) is 10.1 Å². The van der Waals surface area contributed by atoms with E-state index in [0.29, 0.717) is 31.7 Å². The number of rotatable bonds is 4. The summed E-state index contributed by atoms with van der Waals surface area (Å²) in [7, 11) is 0. The molecule has 0 unspecified atom stereocenters. The van der Waals surface area contributed by atoms with E-state index in [4.69, 9.17) is 14.0 Å². The normalized spacial score (nSPS) is 15.5. The molecular formula is C17H25N3O6. The molecule has 26 heavy (non-hydrogen) atoms. The van der Waals surface area contributed by atoms with Gasteiger partial charge in [0.1, 0.15) is 11.4 Å². The third kappa shape index (κ3) is 6.05. The lowest BCUT2D eigenvalue weighted by molar-refractivity contribution is -0.153. The Labute approximate surface area is 152 Å². The van der Waals surface area contributed by atoms with Gasteiger partial charge in [-0.25, -0.2) is 4.79 Å². The molecule has 144 valence electrons. The average molecular weight is 367 g/mol. The van der Waals surface area contributed by atoms with E-state index in [0.717, 1.165) is 0 Å². The van der Waals surface area contributed by atoms with E-state index < -0.39 is 24.1 Å². The third-order valence-corrected chi connectivity index (χ3v) is 3.72. The lowest BCUT2D eigenvalue weighted by atomic mass is 9.97. The van der Waals surface area contributed by atoms with Crippen LogP contribution >= 0.6 is 0 Å². The lowest BCUT2D eigenvalue weighted by Crippen LogP contribution is -2.43. The van der Waals surface area contributed by atoms with Gasteiger partial charge in [0.15, 0.2) is 12.4 Å². The number of amides is 2. The highest BCUT2D eigenvalue weighted by Crippen LogP contribution is 2.21. The maximum atomic E-state index is 12.1. The molecule has 2 heterocycles. The minimum atomic E-state index is -0.553. The Morgan fingerprint density at radius 1 is 1.31 bits per heavy atom. The molecule has 9 heteroatoms. The van der Waals surface area contributed by atoms with Crippen LogP contribution in [0, 0.1) is 12.8 Å². The van der Waals surface area contributed by atoms with E-state index in [-0.39, 0.29) is 17.8 Å². The van der Waals surface area contributed by atoms with Gasteiger partial charge in [-0.05, 0) is 40.5 Å². The van der Waals surface area contributed by atoms with Gasteiger partial charge in [-0.2, -0.15) is 0 Å². The molecule has 2 amide bonds. The molecule has 1 aliphatic rings. The van der Waals surface area contributed by atoms with E-state index in [2.05, 4.69) is 10.5 Å². The molecule has 0 bridgehead atoms. The summed E-state index contributed by atoms with van der Waals surface area (Å²) < 4.78 is 15.2. The van der Waals surface area contributed by atoms with E-state index in [9.17, 15) is 14.4 Å². The Morgan fingerprint density at radius 3 is 2.50 bits per heavy atom. The number of carbonyl (C=O) groups excluding carboxylic acids is 3. The highest BCUT2D eigenvalue weighted by molar-refractivity contribution is 5.92. The van der Waals surface area contributed by atoms with Crippen molar-refractivity contribution in [3.63, 3.8) is 0 Å². The third-order valence-electron chi connectivity index (χ3n) is 3.72. The Balaban J connectivity index is 1.71. The number of esters is 1. The fraction of sp³-hybridized carbons (Fsp3) is 0.647. The molecule has 0 atom stereocenters. The maximum Gasteiger partial charge on any atom is 0.410 e. The van der Waals surface area contributed by atoms with Crippen LogP contribution in [-0.2, 0) is 19.1 Å². The first-order chi connectivity index (χ1) is 12.1. The van der Waals surface area contributed by atoms with Gasteiger partial charge < -0.3 is 24.2 Å². The Kier molecular flexibility index (Phi) is 6.23. The average Bonchev–Trinajstić information content (AvgIpc) is 2.96. The minimum absolute atomic E-state index is 0.272. The van der Waals surface area contributed by atoms with Crippen molar-refractivity contribution >= 4 is 23.8 Å². The smallest absolute Gasteiger partial charge is 0.410 e. The van der Waals surface area contributed by atoms with Crippen molar-refractivity contribution in [3.8, 4) is 0 Å². The summed E-state index contributed by atoms with van der Waals surface area (Å²) in [6.07, 6.45) is 0.566. The molecule has 1 fully saturated rings. The Hall–Kier alpha value is -2.58. The largest absolute Gasteiger partial charge is 0.455 e. The molecule has 1 aliphatic heterocycles. The van der Waals surface area contributed by atoms with Crippen LogP contribution in [0.25, 0.3) is 0 Å². The first-order valence-corrected chi connectivity index (χ1v) is 8.52. The zero-order valence-corrected chi connectivity index (χ0v) is 15.5. The SMILES string of the molecule is Cc1cc(NC(=O)COC(=O)C2CCN(C(=O)OC(C)(C)C)CC2)no1. The van der Waals surface area contributed by atoms with E-state index in [1.807, 2.05) is 0 Å². The zero-order chi connectivity index (χ0) is 19.3. The van der Waals surface area contributed by atoms with Gasteiger partial charge in [0.05, 0.1) is 5.92 Å².